The van der Waals surface area contributed by atoms with Crippen molar-refractivity contribution in [3.05, 3.63) is 48.5 Å². The van der Waals surface area contributed by atoms with Crippen molar-refractivity contribution in [3.63, 3.8) is 0 Å². The van der Waals surface area contributed by atoms with Crippen LogP contribution in [-0.4, -0.2) is 26.9 Å². The molecule has 0 aliphatic heterocycles. The van der Waals surface area contributed by atoms with Crippen LogP contribution in [0.25, 0.3) is 0 Å². The van der Waals surface area contributed by atoms with Gasteiger partial charge in [0.05, 0.1) is 0 Å². The summed E-state index contributed by atoms with van der Waals surface area (Å²) < 4.78 is 7.25. The van der Waals surface area contributed by atoms with Crippen molar-refractivity contribution < 1.29 is 9.21 Å². The van der Waals surface area contributed by atoms with E-state index in [9.17, 15) is 4.79 Å². The first-order valence-corrected chi connectivity index (χ1v) is 8.77. The van der Waals surface area contributed by atoms with Crippen LogP contribution >= 0.6 is 23.5 Å². The molecule has 1 amide bonds. The number of nitrogens with one attached hydrogen (secondary N) is 1. The standard InChI is InChI=1S/C15H14N4O2S2/c1-19-9-16-18-15(19)23-11-5-3-10(4-6-11)17-14(20)12-7-8-13(21-12)22-2/h3-9H,1-2H3,(H,17,20). The first-order valence-electron chi connectivity index (χ1n) is 6.73. The van der Waals surface area contributed by atoms with Crippen molar-refractivity contribution in [2.45, 2.75) is 15.1 Å². The Balaban J connectivity index is 1.65. The van der Waals surface area contributed by atoms with Gasteiger partial charge in [0.15, 0.2) is 16.0 Å². The molecule has 2 heterocycles. The van der Waals surface area contributed by atoms with Crippen molar-refractivity contribution in [3.8, 4) is 0 Å². The number of carbonyl (C=O) groups excluding carboxylic acids is 1. The van der Waals surface area contributed by atoms with Gasteiger partial charge in [0.2, 0.25) is 0 Å². The molecule has 0 fully saturated rings. The molecule has 118 valence electrons. The molecule has 0 aliphatic rings. The van der Waals surface area contributed by atoms with E-state index >= 15 is 0 Å². The summed E-state index contributed by atoms with van der Waals surface area (Å²) in [6.45, 7) is 0. The Kier molecular flexibility index (Phi) is 4.73. The molecule has 0 bridgehead atoms. The van der Waals surface area contributed by atoms with Gasteiger partial charge in [-0.15, -0.1) is 10.2 Å². The average Bonchev–Trinajstić information content (AvgIpc) is 3.19. The normalized spacial score (nSPS) is 10.7. The molecule has 3 rings (SSSR count). The number of thioether (sulfide) groups is 1. The third-order valence-corrected chi connectivity index (χ3v) is 4.68. The molecule has 6 nitrogen and oxygen atoms in total. The zero-order chi connectivity index (χ0) is 16.2. The summed E-state index contributed by atoms with van der Waals surface area (Å²) in [5.41, 5.74) is 0.708. The van der Waals surface area contributed by atoms with E-state index in [1.165, 1.54) is 23.5 Å². The van der Waals surface area contributed by atoms with E-state index in [0.29, 0.717) is 16.5 Å². The van der Waals surface area contributed by atoms with E-state index < -0.39 is 0 Å². The Hall–Kier alpha value is -2.19. The zero-order valence-corrected chi connectivity index (χ0v) is 14.1. The van der Waals surface area contributed by atoms with Gasteiger partial charge in [-0.2, -0.15) is 0 Å². The molecular formula is C15H14N4O2S2. The van der Waals surface area contributed by atoms with Crippen molar-refractivity contribution in [2.75, 3.05) is 11.6 Å². The van der Waals surface area contributed by atoms with E-state index in [2.05, 4.69) is 15.5 Å². The van der Waals surface area contributed by atoms with Crippen LogP contribution in [-0.2, 0) is 7.05 Å². The van der Waals surface area contributed by atoms with Crippen LogP contribution in [0.2, 0.25) is 0 Å². The molecule has 1 N–H and O–H groups in total. The minimum atomic E-state index is -0.265. The van der Waals surface area contributed by atoms with E-state index in [1.54, 1.807) is 18.5 Å². The highest BCUT2D eigenvalue weighted by atomic mass is 32.2. The highest BCUT2D eigenvalue weighted by Crippen LogP contribution is 2.26. The summed E-state index contributed by atoms with van der Waals surface area (Å²) in [5, 5.41) is 12.2. The lowest BCUT2D eigenvalue weighted by Crippen LogP contribution is -2.10. The number of rotatable bonds is 5. The predicted octanol–water partition coefficient (Wildman–Crippen LogP) is 3.53. The number of hydrogen-bond donors (Lipinski definition) is 1. The molecule has 0 atom stereocenters. The van der Waals surface area contributed by atoms with Crippen LogP contribution in [0.1, 0.15) is 10.6 Å². The average molecular weight is 346 g/mol. The van der Waals surface area contributed by atoms with Crippen molar-refractivity contribution in [1.29, 1.82) is 0 Å². The molecular weight excluding hydrogens is 332 g/mol. The summed E-state index contributed by atoms with van der Waals surface area (Å²) in [6.07, 6.45) is 3.55. The van der Waals surface area contributed by atoms with Crippen LogP contribution < -0.4 is 5.32 Å². The molecule has 3 aromatic rings. The van der Waals surface area contributed by atoms with Gasteiger partial charge in [0.25, 0.3) is 5.91 Å². The third-order valence-electron chi connectivity index (χ3n) is 3.00. The minimum Gasteiger partial charge on any atom is -0.445 e. The van der Waals surface area contributed by atoms with Crippen molar-refractivity contribution in [2.24, 2.45) is 7.05 Å². The molecule has 0 saturated heterocycles. The Labute approximate surface area is 141 Å². The van der Waals surface area contributed by atoms with Gasteiger partial charge < -0.3 is 14.3 Å². The number of aromatic nitrogens is 3. The SMILES string of the molecule is CSc1ccc(C(=O)Nc2ccc(Sc3nncn3C)cc2)o1. The van der Waals surface area contributed by atoms with E-state index in [-0.39, 0.29) is 5.91 Å². The quantitative estimate of drug-likeness (QED) is 0.713. The first-order chi connectivity index (χ1) is 11.2. The monoisotopic (exact) mass is 346 g/mol. The lowest BCUT2D eigenvalue weighted by atomic mass is 10.3. The second kappa shape index (κ2) is 6.93. The number of aryl methyl sites for hydroxylation is 1. The minimum absolute atomic E-state index is 0.265. The van der Waals surface area contributed by atoms with Crippen LogP contribution in [0.15, 0.2) is 62.3 Å². The van der Waals surface area contributed by atoms with Crippen LogP contribution in [0.5, 0.6) is 0 Å². The zero-order valence-electron chi connectivity index (χ0n) is 12.5. The summed E-state index contributed by atoms with van der Waals surface area (Å²) in [5.74, 6) is 0.0332. The molecule has 23 heavy (non-hydrogen) atoms. The second-order valence-corrected chi connectivity index (χ2v) is 6.48. The highest BCUT2D eigenvalue weighted by molar-refractivity contribution is 7.99. The van der Waals surface area contributed by atoms with Crippen molar-refractivity contribution >= 4 is 35.1 Å². The van der Waals surface area contributed by atoms with Gasteiger partial charge in [-0.1, -0.05) is 11.8 Å². The van der Waals surface area contributed by atoms with Gasteiger partial charge in [0, 0.05) is 17.6 Å². The van der Waals surface area contributed by atoms with E-state index in [4.69, 9.17) is 4.42 Å². The van der Waals surface area contributed by atoms with Gasteiger partial charge in [-0.25, -0.2) is 0 Å². The molecule has 0 radical (unpaired) electrons. The number of nitrogens with zero attached hydrogens (tertiary/aromatic N) is 3. The lowest BCUT2D eigenvalue weighted by Gasteiger charge is -2.05. The highest BCUT2D eigenvalue weighted by Gasteiger charge is 2.11. The Morgan fingerprint density at radius 1 is 1.22 bits per heavy atom. The summed E-state index contributed by atoms with van der Waals surface area (Å²) in [6, 6.07) is 11.0. The van der Waals surface area contributed by atoms with Crippen LogP contribution in [0, 0.1) is 0 Å². The van der Waals surface area contributed by atoms with Gasteiger partial charge in [0.1, 0.15) is 6.33 Å². The second-order valence-electron chi connectivity index (χ2n) is 4.63. The third kappa shape index (κ3) is 3.77. The fourth-order valence-corrected chi connectivity index (χ4v) is 2.96. The Morgan fingerprint density at radius 2 is 2.00 bits per heavy atom. The molecule has 8 heteroatoms. The Bertz CT molecular complexity index is 811. The first kappa shape index (κ1) is 15.7. The van der Waals surface area contributed by atoms with E-state index in [1.807, 2.05) is 42.1 Å². The number of furan rings is 1. The number of benzene rings is 1. The molecule has 1 aromatic carbocycles. The predicted molar refractivity (Wildman–Crippen MR) is 90.0 cm³/mol. The summed E-state index contributed by atoms with van der Waals surface area (Å²) in [7, 11) is 1.89. The maximum absolute atomic E-state index is 12.1. The van der Waals surface area contributed by atoms with Gasteiger partial charge in [-0.3, -0.25) is 4.79 Å². The Morgan fingerprint density at radius 3 is 2.61 bits per heavy atom. The number of hydrogen-bond acceptors (Lipinski definition) is 6. The summed E-state index contributed by atoms with van der Waals surface area (Å²) >= 11 is 2.96. The molecule has 2 aromatic heterocycles. The molecule has 0 spiro atoms. The van der Waals surface area contributed by atoms with Crippen LogP contribution in [0.3, 0.4) is 0 Å². The van der Waals surface area contributed by atoms with Crippen molar-refractivity contribution in [1.82, 2.24) is 14.8 Å². The van der Waals surface area contributed by atoms with Gasteiger partial charge in [-0.05, 0) is 54.4 Å². The number of anilines is 1. The topological polar surface area (TPSA) is 73.0 Å². The van der Waals surface area contributed by atoms with Gasteiger partial charge >= 0.3 is 0 Å². The summed E-state index contributed by atoms with van der Waals surface area (Å²) in [4.78, 5) is 13.1. The largest absolute Gasteiger partial charge is 0.445 e. The molecule has 0 saturated carbocycles. The smallest absolute Gasteiger partial charge is 0.291 e. The molecule has 0 unspecified atom stereocenters. The lowest BCUT2D eigenvalue weighted by molar-refractivity contribution is 0.0992. The number of amides is 1. The molecule has 0 aliphatic carbocycles. The number of carbonyl (C=O) groups is 1. The fraction of sp³-hybridized carbons (Fsp3) is 0.133. The van der Waals surface area contributed by atoms with E-state index in [0.717, 1.165) is 10.1 Å². The fourth-order valence-electron chi connectivity index (χ4n) is 1.82. The van der Waals surface area contributed by atoms with Crippen LogP contribution in [0.4, 0.5) is 5.69 Å². The maximum Gasteiger partial charge on any atom is 0.291 e. The maximum atomic E-state index is 12.1.